The van der Waals surface area contributed by atoms with Gasteiger partial charge in [-0.25, -0.2) is 13.6 Å². The third-order valence-corrected chi connectivity index (χ3v) is 7.96. The second-order valence-electron chi connectivity index (χ2n) is 11.3. The van der Waals surface area contributed by atoms with E-state index in [-0.39, 0.29) is 12.7 Å². The number of ether oxygens (including phenoxy) is 3. The number of para-hydroxylation sites is 1. The molecule has 0 aliphatic carbocycles. The number of carbonyl (C=O) groups excluding carboxylic acids is 3. The van der Waals surface area contributed by atoms with Crippen molar-refractivity contribution >= 4 is 29.4 Å². The van der Waals surface area contributed by atoms with E-state index >= 15 is 0 Å². The van der Waals surface area contributed by atoms with E-state index in [0.29, 0.717) is 42.0 Å². The average Bonchev–Trinajstić information content (AvgIpc) is 3.21. The number of nitrogens with one attached hydrogen (secondary N) is 2. The van der Waals surface area contributed by atoms with Gasteiger partial charge in [0.15, 0.2) is 23.2 Å². The zero-order valence-corrected chi connectivity index (χ0v) is 27.2. The maximum atomic E-state index is 14.1. The molecule has 1 aliphatic heterocycles. The van der Waals surface area contributed by atoms with Crippen LogP contribution in [0.25, 0.3) is 0 Å². The number of carboxylic acids is 1. The van der Waals surface area contributed by atoms with Gasteiger partial charge in [0.25, 0.3) is 0 Å². The second-order valence-corrected chi connectivity index (χ2v) is 11.3. The molecule has 3 aromatic rings. The number of halogens is 4. The lowest BCUT2D eigenvalue weighted by Crippen LogP contribution is -2.49. The number of hydrogen-bond acceptors (Lipinski definition) is 8. The number of benzene rings is 3. The molecule has 2 atom stereocenters. The summed E-state index contributed by atoms with van der Waals surface area (Å²) in [6, 6.07) is 10.00. The molecule has 0 aromatic heterocycles. The highest BCUT2D eigenvalue weighted by atomic mass is 19.2. The molecule has 15 heteroatoms. The molecular formula is C35H35F4N3O8. The van der Waals surface area contributed by atoms with Crippen LogP contribution in [0.5, 0.6) is 11.5 Å². The number of fused-ring (bicyclic) bond motifs is 1. The SMILES string of the molecule is C=C1C(NC(=O)OCc2ccc(OC)cc2)CCc2cccc(CC)c2N1CC(=O)NC(CC(=O)O)C(=O)COc1c(F)c(F)cc(F)c1F. The summed E-state index contributed by atoms with van der Waals surface area (Å²) >= 11 is 0. The number of rotatable bonds is 14. The first kappa shape index (κ1) is 37.2. The molecular weight excluding hydrogens is 666 g/mol. The van der Waals surface area contributed by atoms with Gasteiger partial charge in [0, 0.05) is 17.5 Å². The van der Waals surface area contributed by atoms with E-state index in [0.717, 1.165) is 11.1 Å². The molecule has 3 N–H and O–H groups in total. The quantitative estimate of drug-likeness (QED) is 0.157. The number of aryl methyl sites for hydroxylation is 2. The largest absolute Gasteiger partial charge is 0.497 e. The Kier molecular flexibility index (Phi) is 12.4. The Hall–Kier alpha value is -5.60. The normalized spacial score (nSPS) is 14.6. The minimum Gasteiger partial charge on any atom is -0.497 e. The van der Waals surface area contributed by atoms with Crippen LogP contribution in [-0.2, 0) is 38.6 Å². The van der Waals surface area contributed by atoms with Crippen LogP contribution in [0.15, 0.2) is 60.8 Å². The number of ketones is 1. The van der Waals surface area contributed by atoms with Gasteiger partial charge in [-0.1, -0.05) is 43.8 Å². The number of amides is 2. The molecule has 1 aliphatic rings. The Morgan fingerprint density at radius 2 is 1.72 bits per heavy atom. The number of Topliss-reactive ketones (excluding diaryl/α,β-unsaturated/α-hetero) is 1. The average molecular weight is 702 g/mol. The second kappa shape index (κ2) is 16.7. The molecule has 11 nitrogen and oxygen atoms in total. The topological polar surface area (TPSA) is 144 Å². The fourth-order valence-electron chi connectivity index (χ4n) is 5.39. The van der Waals surface area contributed by atoms with Crippen molar-refractivity contribution < 1.29 is 56.1 Å². The van der Waals surface area contributed by atoms with Crippen LogP contribution in [0.3, 0.4) is 0 Å². The molecule has 0 bridgehead atoms. The lowest BCUT2D eigenvalue weighted by Gasteiger charge is -2.32. The zero-order chi connectivity index (χ0) is 36.5. The van der Waals surface area contributed by atoms with Crippen LogP contribution in [0.4, 0.5) is 28.0 Å². The van der Waals surface area contributed by atoms with Crippen molar-refractivity contribution in [1.29, 1.82) is 0 Å². The van der Waals surface area contributed by atoms with E-state index in [2.05, 4.69) is 17.2 Å². The molecule has 2 unspecified atom stereocenters. The number of methoxy groups -OCH3 is 1. The molecule has 3 aromatic carbocycles. The van der Waals surface area contributed by atoms with Gasteiger partial charge >= 0.3 is 12.1 Å². The molecule has 0 saturated heterocycles. The molecule has 4 rings (SSSR count). The van der Waals surface area contributed by atoms with Gasteiger partial charge in [-0.15, -0.1) is 0 Å². The van der Waals surface area contributed by atoms with Crippen LogP contribution in [0.2, 0.25) is 0 Å². The third kappa shape index (κ3) is 9.09. The predicted octanol–water partition coefficient (Wildman–Crippen LogP) is 4.98. The zero-order valence-electron chi connectivity index (χ0n) is 27.2. The summed E-state index contributed by atoms with van der Waals surface area (Å²) in [7, 11) is 1.53. The Bertz CT molecular complexity index is 1740. The number of carbonyl (C=O) groups is 4. The van der Waals surface area contributed by atoms with E-state index in [9.17, 15) is 41.8 Å². The van der Waals surface area contributed by atoms with Crippen molar-refractivity contribution in [2.24, 2.45) is 0 Å². The summed E-state index contributed by atoms with van der Waals surface area (Å²) in [5, 5.41) is 14.5. The van der Waals surface area contributed by atoms with E-state index in [1.165, 1.54) is 7.11 Å². The molecule has 0 saturated carbocycles. The van der Waals surface area contributed by atoms with Crippen LogP contribution >= 0.6 is 0 Å². The van der Waals surface area contributed by atoms with Crippen LogP contribution in [0, 0.1) is 23.3 Å². The van der Waals surface area contributed by atoms with Gasteiger partial charge in [0.1, 0.15) is 31.5 Å². The van der Waals surface area contributed by atoms with Crippen molar-refractivity contribution in [3.63, 3.8) is 0 Å². The highest BCUT2D eigenvalue weighted by molar-refractivity contribution is 5.94. The van der Waals surface area contributed by atoms with E-state index in [4.69, 9.17) is 14.2 Å². The maximum Gasteiger partial charge on any atom is 0.408 e. The van der Waals surface area contributed by atoms with E-state index < -0.39 is 84.4 Å². The molecule has 0 radical (unpaired) electrons. The molecule has 0 fully saturated rings. The fraction of sp³-hybridized carbons (Fsp3) is 0.314. The first-order valence-electron chi connectivity index (χ1n) is 15.5. The predicted molar refractivity (Wildman–Crippen MR) is 172 cm³/mol. The van der Waals surface area contributed by atoms with Gasteiger partial charge in [0.05, 0.1) is 19.6 Å². The Morgan fingerprint density at radius 3 is 2.34 bits per heavy atom. The minimum atomic E-state index is -1.90. The lowest BCUT2D eigenvalue weighted by molar-refractivity contribution is -0.140. The van der Waals surface area contributed by atoms with Crippen molar-refractivity contribution in [1.82, 2.24) is 10.6 Å². The smallest absolute Gasteiger partial charge is 0.408 e. The highest BCUT2D eigenvalue weighted by Gasteiger charge is 2.32. The number of alkyl carbamates (subject to hydrolysis) is 1. The van der Waals surface area contributed by atoms with Gasteiger partial charge in [0.2, 0.25) is 17.5 Å². The van der Waals surface area contributed by atoms with Gasteiger partial charge < -0.3 is 34.9 Å². The maximum absolute atomic E-state index is 14.1. The Balaban J connectivity index is 1.50. The first-order chi connectivity index (χ1) is 23.8. The van der Waals surface area contributed by atoms with Crippen molar-refractivity contribution in [3.05, 3.63) is 101 Å². The molecule has 2 amide bonds. The summed E-state index contributed by atoms with van der Waals surface area (Å²) in [6.07, 6.45) is -0.258. The summed E-state index contributed by atoms with van der Waals surface area (Å²) in [6.45, 7) is 4.33. The number of aliphatic carboxylic acids is 1. The van der Waals surface area contributed by atoms with Gasteiger partial charge in [-0.3, -0.25) is 14.4 Å². The summed E-state index contributed by atoms with van der Waals surface area (Å²) in [5.74, 6) is -11.7. The van der Waals surface area contributed by atoms with Crippen LogP contribution in [0.1, 0.15) is 36.5 Å². The van der Waals surface area contributed by atoms with Gasteiger partial charge in [-0.05, 0) is 48.1 Å². The van der Waals surface area contributed by atoms with Crippen LogP contribution < -0.4 is 25.0 Å². The minimum absolute atomic E-state index is 0.0303. The first-order valence-corrected chi connectivity index (χ1v) is 15.5. The number of nitrogens with zero attached hydrogens (tertiary/aromatic N) is 1. The summed E-state index contributed by atoms with van der Waals surface area (Å²) in [5.41, 5.74) is 3.36. The molecule has 266 valence electrons. The number of hydrogen-bond donors (Lipinski definition) is 3. The summed E-state index contributed by atoms with van der Waals surface area (Å²) < 4.78 is 70.5. The lowest BCUT2D eigenvalue weighted by atomic mass is 10.0. The highest BCUT2D eigenvalue weighted by Crippen LogP contribution is 2.35. The number of carboxylic acid groups (broad SMARTS) is 1. The van der Waals surface area contributed by atoms with Crippen molar-refractivity contribution in [2.75, 3.05) is 25.2 Å². The Morgan fingerprint density at radius 1 is 1.04 bits per heavy atom. The van der Waals surface area contributed by atoms with Crippen molar-refractivity contribution in [3.8, 4) is 11.5 Å². The molecule has 50 heavy (non-hydrogen) atoms. The Labute approximate surface area is 284 Å². The summed E-state index contributed by atoms with van der Waals surface area (Å²) in [4.78, 5) is 52.4. The number of anilines is 1. The van der Waals surface area contributed by atoms with E-state index in [1.54, 1.807) is 29.2 Å². The van der Waals surface area contributed by atoms with Gasteiger partial charge in [-0.2, -0.15) is 8.78 Å². The molecule has 1 heterocycles. The van der Waals surface area contributed by atoms with Crippen LogP contribution in [-0.4, -0.2) is 61.2 Å². The van der Waals surface area contributed by atoms with E-state index in [1.807, 2.05) is 25.1 Å². The fourth-order valence-corrected chi connectivity index (χ4v) is 5.39. The third-order valence-electron chi connectivity index (χ3n) is 7.96. The standard InChI is InChI=1S/C35H35F4N3O8/c1-4-21-6-5-7-22-10-13-26(41-35(47)50-17-20-8-11-23(48-3)12-9-20)19(2)42(33(21)22)16-29(44)40-27(15-30(45)46)28(43)18-49-34-31(38)24(36)14-25(37)32(34)39/h5-9,11-12,14,26-27H,2,4,10,13,15-18H2,1,3H3,(H,40,44)(H,41,47)(H,45,46). The molecule has 0 spiro atoms. The van der Waals surface area contributed by atoms with Crippen molar-refractivity contribution in [2.45, 2.75) is 51.3 Å². The monoisotopic (exact) mass is 701 g/mol.